The van der Waals surface area contributed by atoms with E-state index in [1.54, 1.807) is 30.3 Å². The number of hydrazone groups is 1. The number of aliphatic hydroxyl groups is 1. The van der Waals surface area contributed by atoms with Gasteiger partial charge in [-0.25, -0.2) is 4.79 Å². The van der Waals surface area contributed by atoms with Gasteiger partial charge < -0.3 is 9.84 Å². The van der Waals surface area contributed by atoms with Gasteiger partial charge in [-0.3, -0.25) is 14.9 Å². The normalized spacial score (nSPS) is 18.7. The van der Waals surface area contributed by atoms with Gasteiger partial charge in [0.15, 0.2) is 11.4 Å². The lowest BCUT2D eigenvalue weighted by Crippen LogP contribution is -2.43. The van der Waals surface area contributed by atoms with Gasteiger partial charge in [-0.1, -0.05) is 36.4 Å². The van der Waals surface area contributed by atoms with Crippen LogP contribution in [0.3, 0.4) is 0 Å². The molecular formula is C18H15N3O6. The zero-order valence-corrected chi connectivity index (χ0v) is 14.2. The Labute approximate surface area is 153 Å². The maximum Gasteiger partial charge on any atom is 0.354 e. The summed E-state index contributed by atoms with van der Waals surface area (Å²) >= 11 is 0. The number of amides is 1. The SMILES string of the molecule is COC(=O)C1=NN(C(=O)c2cccc([N+](=O)[O-])c2)C(O)(c2ccccc2)C1. The fraction of sp³-hybridized carbons (Fsp3) is 0.167. The summed E-state index contributed by atoms with van der Waals surface area (Å²) in [5, 5.41) is 26.9. The van der Waals surface area contributed by atoms with Crippen molar-refractivity contribution in [2.24, 2.45) is 5.10 Å². The lowest BCUT2D eigenvalue weighted by Gasteiger charge is -2.31. The average molecular weight is 369 g/mol. The molecule has 0 spiro atoms. The van der Waals surface area contributed by atoms with Crippen molar-refractivity contribution in [3.8, 4) is 0 Å². The topological polar surface area (TPSA) is 122 Å². The first-order valence-corrected chi connectivity index (χ1v) is 7.89. The molecule has 2 aromatic carbocycles. The van der Waals surface area contributed by atoms with Gasteiger partial charge >= 0.3 is 5.97 Å². The lowest BCUT2D eigenvalue weighted by molar-refractivity contribution is -0.384. The molecule has 1 aliphatic heterocycles. The molecule has 0 saturated heterocycles. The highest BCUT2D eigenvalue weighted by Crippen LogP contribution is 2.36. The second-order valence-electron chi connectivity index (χ2n) is 5.82. The number of nitro groups is 1. The van der Waals surface area contributed by atoms with Gasteiger partial charge in [0.25, 0.3) is 11.6 Å². The molecule has 0 radical (unpaired) electrons. The van der Waals surface area contributed by atoms with Crippen molar-refractivity contribution >= 4 is 23.3 Å². The maximum absolute atomic E-state index is 13.0. The van der Waals surface area contributed by atoms with Crippen molar-refractivity contribution in [2.45, 2.75) is 12.1 Å². The first-order valence-electron chi connectivity index (χ1n) is 7.89. The van der Waals surface area contributed by atoms with Crippen LogP contribution >= 0.6 is 0 Å². The number of hydrogen-bond acceptors (Lipinski definition) is 7. The van der Waals surface area contributed by atoms with Crippen LogP contribution in [0.15, 0.2) is 59.7 Å². The molecule has 9 heteroatoms. The van der Waals surface area contributed by atoms with Gasteiger partial charge in [0.2, 0.25) is 0 Å². The smallest absolute Gasteiger partial charge is 0.354 e. The van der Waals surface area contributed by atoms with Crippen LogP contribution in [0.1, 0.15) is 22.3 Å². The molecule has 0 fully saturated rings. The summed E-state index contributed by atoms with van der Waals surface area (Å²) in [6.45, 7) is 0. The number of nitrogens with zero attached hydrogens (tertiary/aromatic N) is 3. The second kappa shape index (κ2) is 6.96. The van der Waals surface area contributed by atoms with E-state index in [1.807, 2.05) is 0 Å². The highest BCUT2D eigenvalue weighted by atomic mass is 16.6. The minimum Gasteiger partial charge on any atom is -0.464 e. The van der Waals surface area contributed by atoms with Crippen molar-refractivity contribution < 1.29 is 24.4 Å². The first kappa shape index (κ1) is 18.2. The van der Waals surface area contributed by atoms with E-state index in [0.717, 1.165) is 18.2 Å². The largest absolute Gasteiger partial charge is 0.464 e. The fourth-order valence-corrected chi connectivity index (χ4v) is 2.80. The fourth-order valence-electron chi connectivity index (χ4n) is 2.80. The Morgan fingerprint density at radius 1 is 1.22 bits per heavy atom. The van der Waals surface area contributed by atoms with Gasteiger partial charge in [-0.2, -0.15) is 10.1 Å². The zero-order chi connectivity index (χ0) is 19.6. The van der Waals surface area contributed by atoms with E-state index in [-0.39, 0.29) is 23.4 Å². The Balaban J connectivity index is 2.06. The third-order valence-electron chi connectivity index (χ3n) is 4.14. The number of methoxy groups -OCH3 is 1. The van der Waals surface area contributed by atoms with E-state index >= 15 is 0 Å². The number of non-ortho nitro benzene ring substituents is 1. The van der Waals surface area contributed by atoms with Crippen LogP contribution in [0, 0.1) is 10.1 Å². The maximum atomic E-state index is 13.0. The number of benzene rings is 2. The molecule has 1 heterocycles. The molecule has 1 atom stereocenters. The predicted molar refractivity (Wildman–Crippen MR) is 93.7 cm³/mol. The minimum absolute atomic E-state index is 0.0478. The van der Waals surface area contributed by atoms with Gasteiger partial charge in [-0.05, 0) is 6.07 Å². The summed E-state index contributed by atoms with van der Waals surface area (Å²) in [6, 6.07) is 13.3. The van der Waals surface area contributed by atoms with E-state index in [9.17, 15) is 24.8 Å². The molecule has 1 N–H and O–H groups in total. The summed E-state index contributed by atoms with van der Waals surface area (Å²) < 4.78 is 4.64. The van der Waals surface area contributed by atoms with E-state index in [0.29, 0.717) is 5.56 Å². The van der Waals surface area contributed by atoms with Crippen LogP contribution in [-0.4, -0.2) is 39.7 Å². The Morgan fingerprint density at radius 2 is 1.93 bits per heavy atom. The van der Waals surface area contributed by atoms with Crippen LogP contribution in [0.2, 0.25) is 0 Å². The summed E-state index contributed by atoms with van der Waals surface area (Å²) in [4.78, 5) is 35.2. The number of ether oxygens (including phenoxy) is 1. The average Bonchev–Trinajstić information content (AvgIpc) is 3.06. The Morgan fingerprint density at radius 3 is 2.56 bits per heavy atom. The van der Waals surface area contributed by atoms with Crippen molar-refractivity contribution in [3.63, 3.8) is 0 Å². The van der Waals surface area contributed by atoms with Gasteiger partial charge in [0.05, 0.1) is 18.5 Å². The zero-order valence-electron chi connectivity index (χ0n) is 14.2. The molecule has 138 valence electrons. The Kier molecular flexibility index (Phi) is 4.70. The van der Waals surface area contributed by atoms with Crippen molar-refractivity contribution in [3.05, 3.63) is 75.8 Å². The molecule has 0 saturated carbocycles. The van der Waals surface area contributed by atoms with Crippen molar-refractivity contribution in [2.75, 3.05) is 7.11 Å². The number of nitro benzene ring substituents is 1. The van der Waals surface area contributed by atoms with Crippen LogP contribution < -0.4 is 0 Å². The quantitative estimate of drug-likeness (QED) is 0.498. The molecule has 3 rings (SSSR count). The number of hydrogen-bond donors (Lipinski definition) is 1. The summed E-state index contributed by atoms with van der Waals surface area (Å²) in [5.41, 5.74) is -2.05. The molecule has 0 bridgehead atoms. The van der Waals surface area contributed by atoms with Gasteiger partial charge in [-0.15, -0.1) is 0 Å². The van der Waals surface area contributed by atoms with E-state index in [1.165, 1.54) is 18.2 Å². The number of esters is 1. The molecule has 1 aliphatic rings. The molecular weight excluding hydrogens is 354 g/mol. The summed E-state index contributed by atoms with van der Waals surface area (Å²) in [5.74, 6) is -1.57. The third kappa shape index (κ3) is 3.27. The lowest BCUT2D eigenvalue weighted by atomic mass is 9.97. The van der Waals surface area contributed by atoms with Crippen LogP contribution in [-0.2, 0) is 15.3 Å². The third-order valence-corrected chi connectivity index (χ3v) is 4.14. The minimum atomic E-state index is -1.92. The van der Waals surface area contributed by atoms with E-state index in [4.69, 9.17) is 0 Å². The van der Waals surface area contributed by atoms with E-state index < -0.39 is 22.5 Å². The highest BCUT2D eigenvalue weighted by molar-refractivity contribution is 6.37. The molecule has 0 aliphatic carbocycles. The van der Waals surface area contributed by atoms with Crippen LogP contribution in [0.4, 0.5) is 5.69 Å². The monoisotopic (exact) mass is 369 g/mol. The number of rotatable bonds is 4. The Hall–Kier alpha value is -3.59. The van der Waals surface area contributed by atoms with Crippen molar-refractivity contribution in [1.29, 1.82) is 0 Å². The molecule has 1 amide bonds. The highest BCUT2D eigenvalue weighted by Gasteiger charge is 2.48. The molecule has 9 nitrogen and oxygen atoms in total. The van der Waals surface area contributed by atoms with Crippen LogP contribution in [0.5, 0.6) is 0 Å². The number of carbonyl (C=O) groups is 2. The first-order chi connectivity index (χ1) is 12.9. The Bertz CT molecular complexity index is 943. The molecule has 0 aromatic heterocycles. The number of carbonyl (C=O) groups excluding carboxylic acids is 2. The van der Waals surface area contributed by atoms with Crippen LogP contribution in [0.25, 0.3) is 0 Å². The predicted octanol–water partition coefficient (Wildman–Crippen LogP) is 1.81. The van der Waals surface area contributed by atoms with E-state index in [2.05, 4.69) is 9.84 Å². The summed E-state index contributed by atoms with van der Waals surface area (Å²) in [7, 11) is 1.16. The summed E-state index contributed by atoms with van der Waals surface area (Å²) in [6.07, 6.45) is -0.273. The standard InChI is InChI=1S/C18H15N3O6/c1-27-17(23)15-11-18(24,13-7-3-2-4-8-13)20(19-15)16(22)12-6-5-9-14(10-12)21(25)26/h2-10,24H,11H2,1H3. The second-order valence-corrected chi connectivity index (χ2v) is 5.82. The molecule has 2 aromatic rings. The van der Waals surface area contributed by atoms with Crippen molar-refractivity contribution in [1.82, 2.24) is 5.01 Å². The van der Waals surface area contributed by atoms with Gasteiger partial charge in [0.1, 0.15) is 0 Å². The molecule has 27 heavy (non-hydrogen) atoms. The molecule has 1 unspecified atom stereocenters. The van der Waals surface area contributed by atoms with Gasteiger partial charge in [0, 0.05) is 23.3 Å².